The van der Waals surface area contributed by atoms with Crippen LogP contribution in [-0.2, 0) is 0 Å². The normalized spacial score (nSPS) is 12.0. The number of aryl methyl sites for hydroxylation is 1. The minimum Gasteiger partial charge on any atom is -0.491 e. The van der Waals surface area contributed by atoms with Gasteiger partial charge in [0.2, 0.25) is 0 Å². The summed E-state index contributed by atoms with van der Waals surface area (Å²) in [5, 5.41) is 0. The molecular weight excluding hydrogens is 326 g/mol. The van der Waals surface area contributed by atoms with E-state index in [-0.39, 0.29) is 0 Å². The third-order valence-corrected chi connectivity index (χ3v) is 4.44. The quantitative estimate of drug-likeness (QED) is 0.601. The van der Waals surface area contributed by atoms with Gasteiger partial charge in [-0.3, -0.25) is 4.79 Å². The van der Waals surface area contributed by atoms with E-state index in [9.17, 15) is 4.79 Å². The van der Waals surface area contributed by atoms with Crippen molar-refractivity contribution in [3.63, 3.8) is 0 Å². The summed E-state index contributed by atoms with van der Waals surface area (Å²) in [7, 11) is 0. The van der Waals surface area contributed by atoms with E-state index in [1.54, 1.807) is 6.07 Å². The molecule has 0 atom stereocenters. The predicted molar refractivity (Wildman–Crippen MR) is 102 cm³/mol. The van der Waals surface area contributed by atoms with E-state index in [1.807, 2.05) is 55.5 Å². The fourth-order valence-electron chi connectivity index (χ4n) is 3.18. The zero-order valence-electron chi connectivity index (χ0n) is 14.5. The van der Waals surface area contributed by atoms with E-state index >= 15 is 0 Å². The van der Waals surface area contributed by atoms with Gasteiger partial charge in [-0.25, -0.2) is 0 Å². The standard InChI is InChI=1S/C22H19NO3/c1-16-14-17(15-24)10-11-20(16)25-13-12-23-18-6-2-4-8-21(18)26-22-9-5-3-7-19(22)23/h2-11,14-15H,12-13H2,1H3. The van der Waals surface area contributed by atoms with Gasteiger partial charge in [-0.2, -0.15) is 0 Å². The van der Waals surface area contributed by atoms with Gasteiger partial charge in [-0.15, -0.1) is 0 Å². The fraction of sp³-hybridized carbons (Fsp3) is 0.136. The number of anilines is 2. The van der Waals surface area contributed by atoms with E-state index < -0.39 is 0 Å². The van der Waals surface area contributed by atoms with Crippen molar-refractivity contribution in [3.05, 3.63) is 77.9 Å². The highest BCUT2D eigenvalue weighted by Gasteiger charge is 2.23. The molecular formula is C22H19NO3. The second kappa shape index (κ2) is 6.92. The van der Waals surface area contributed by atoms with Crippen LogP contribution in [0.15, 0.2) is 66.7 Å². The Labute approximate surface area is 152 Å². The molecule has 3 aromatic rings. The van der Waals surface area contributed by atoms with E-state index in [0.717, 1.165) is 40.5 Å². The number of fused-ring (bicyclic) bond motifs is 2. The molecule has 1 aliphatic heterocycles. The number of hydrogen-bond acceptors (Lipinski definition) is 4. The summed E-state index contributed by atoms with van der Waals surface area (Å²) in [5.41, 5.74) is 3.67. The van der Waals surface area contributed by atoms with Gasteiger partial charge < -0.3 is 14.4 Å². The highest BCUT2D eigenvalue weighted by molar-refractivity contribution is 5.78. The van der Waals surface area contributed by atoms with Crippen LogP contribution in [-0.4, -0.2) is 19.4 Å². The summed E-state index contributed by atoms with van der Waals surface area (Å²) in [6.45, 7) is 3.15. The van der Waals surface area contributed by atoms with Gasteiger partial charge in [0.15, 0.2) is 11.5 Å². The first kappa shape index (κ1) is 16.2. The number of nitrogens with zero attached hydrogens (tertiary/aromatic N) is 1. The Balaban J connectivity index is 1.54. The number of carbonyl (C=O) groups is 1. The maximum Gasteiger partial charge on any atom is 0.151 e. The van der Waals surface area contributed by atoms with Crippen LogP contribution in [0.25, 0.3) is 0 Å². The molecule has 0 saturated heterocycles. The summed E-state index contributed by atoms with van der Waals surface area (Å²) >= 11 is 0. The van der Waals surface area contributed by atoms with Crippen molar-refractivity contribution in [3.8, 4) is 17.2 Å². The van der Waals surface area contributed by atoms with Gasteiger partial charge in [0.05, 0.1) is 17.9 Å². The Morgan fingerprint density at radius 3 is 2.23 bits per heavy atom. The first-order chi connectivity index (χ1) is 12.8. The molecule has 4 nitrogen and oxygen atoms in total. The van der Waals surface area contributed by atoms with Gasteiger partial charge in [0, 0.05) is 5.56 Å². The summed E-state index contributed by atoms with van der Waals surface area (Å²) in [4.78, 5) is 13.1. The number of hydrogen-bond donors (Lipinski definition) is 0. The molecule has 4 rings (SSSR count). The van der Waals surface area contributed by atoms with Gasteiger partial charge in [0.25, 0.3) is 0 Å². The molecule has 0 bridgehead atoms. The van der Waals surface area contributed by atoms with E-state index in [4.69, 9.17) is 9.47 Å². The van der Waals surface area contributed by atoms with E-state index in [2.05, 4.69) is 17.0 Å². The van der Waals surface area contributed by atoms with Crippen LogP contribution in [0.1, 0.15) is 15.9 Å². The van der Waals surface area contributed by atoms with Crippen molar-refractivity contribution in [2.45, 2.75) is 6.92 Å². The highest BCUT2D eigenvalue weighted by Crippen LogP contribution is 2.45. The monoisotopic (exact) mass is 345 g/mol. The predicted octanol–water partition coefficient (Wildman–Crippen LogP) is 5.13. The first-order valence-corrected chi connectivity index (χ1v) is 8.58. The third kappa shape index (κ3) is 3.02. The molecule has 1 heterocycles. The lowest BCUT2D eigenvalue weighted by atomic mass is 10.1. The van der Waals surface area contributed by atoms with Gasteiger partial charge in [-0.1, -0.05) is 24.3 Å². The van der Waals surface area contributed by atoms with Gasteiger partial charge in [-0.05, 0) is 55.0 Å². The van der Waals surface area contributed by atoms with Gasteiger partial charge in [0.1, 0.15) is 18.6 Å². The summed E-state index contributed by atoms with van der Waals surface area (Å²) in [5.74, 6) is 2.49. The van der Waals surface area contributed by atoms with E-state index in [0.29, 0.717) is 18.7 Å². The Morgan fingerprint density at radius 2 is 1.62 bits per heavy atom. The van der Waals surface area contributed by atoms with Crippen LogP contribution >= 0.6 is 0 Å². The third-order valence-electron chi connectivity index (χ3n) is 4.44. The number of ether oxygens (including phenoxy) is 2. The zero-order valence-corrected chi connectivity index (χ0v) is 14.5. The average Bonchev–Trinajstić information content (AvgIpc) is 2.68. The number of aldehydes is 1. The molecule has 1 aliphatic rings. The second-order valence-corrected chi connectivity index (χ2v) is 6.18. The highest BCUT2D eigenvalue weighted by atomic mass is 16.5. The molecule has 0 amide bonds. The minimum absolute atomic E-state index is 0.518. The van der Waals surface area contributed by atoms with E-state index in [1.165, 1.54) is 0 Å². The van der Waals surface area contributed by atoms with Crippen LogP contribution in [0, 0.1) is 6.92 Å². The lowest BCUT2D eigenvalue weighted by Gasteiger charge is -2.32. The Kier molecular flexibility index (Phi) is 4.32. The first-order valence-electron chi connectivity index (χ1n) is 8.58. The summed E-state index contributed by atoms with van der Waals surface area (Å²) in [6.07, 6.45) is 0.846. The Morgan fingerprint density at radius 1 is 0.962 bits per heavy atom. The topological polar surface area (TPSA) is 38.8 Å². The van der Waals surface area contributed by atoms with Gasteiger partial charge >= 0.3 is 0 Å². The minimum atomic E-state index is 0.518. The Hall–Kier alpha value is -3.27. The van der Waals surface area contributed by atoms with Crippen LogP contribution in [0.5, 0.6) is 17.2 Å². The summed E-state index contributed by atoms with van der Waals surface area (Å²) < 4.78 is 12.0. The molecule has 0 radical (unpaired) electrons. The number of benzene rings is 3. The molecule has 0 fully saturated rings. The number of carbonyl (C=O) groups excluding carboxylic acids is 1. The molecule has 130 valence electrons. The molecule has 0 aromatic heterocycles. The van der Waals surface area contributed by atoms with Crippen molar-refractivity contribution in [1.82, 2.24) is 0 Å². The molecule has 0 spiro atoms. The van der Waals surface area contributed by atoms with Crippen LogP contribution in [0.4, 0.5) is 11.4 Å². The molecule has 3 aromatic carbocycles. The summed E-state index contributed by atoms with van der Waals surface area (Å²) in [6, 6.07) is 21.5. The maximum absolute atomic E-state index is 10.9. The Bertz CT molecular complexity index is 906. The van der Waals surface area contributed by atoms with Crippen LogP contribution in [0.3, 0.4) is 0 Å². The lowest BCUT2D eigenvalue weighted by molar-refractivity contribution is 0.112. The molecule has 0 saturated carbocycles. The van der Waals surface area contributed by atoms with Crippen molar-refractivity contribution in [1.29, 1.82) is 0 Å². The molecule has 0 N–H and O–H groups in total. The van der Waals surface area contributed by atoms with Crippen molar-refractivity contribution in [2.24, 2.45) is 0 Å². The average molecular weight is 345 g/mol. The molecule has 0 unspecified atom stereocenters. The number of para-hydroxylation sites is 4. The maximum atomic E-state index is 10.9. The van der Waals surface area contributed by atoms with Crippen molar-refractivity contribution >= 4 is 17.7 Å². The largest absolute Gasteiger partial charge is 0.491 e. The van der Waals surface area contributed by atoms with Crippen molar-refractivity contribution in [2.75, 3.05) is 18.1 Å². The smallest absolute Gasteiger partial charge is 0.151 e. The molecule has 0 aliphatic carbocycles. The second-order valence-electron chi connectivity index (χ2n) is 6.18. The molecule has 26 heavy (non-hydrogen) atoms. The lowest BCUT2D eigenvalue weighted by Crippen LogP contribution is -2.26. The zero-order chi connectivity index (χ0) is 17.9. The van der Waals surface area contributed by atoms with Crippen LogP contribution < -0.4 is 14.4 Å². The van der Waals surface area contributed by atoms with Crippen molar-refractivity contribution < 1.29 is 14.3 Å². The number of rotatable bonds is 5. The SMILES string of the molecule is Cc1cc(C=O)ccc1OCCN1c2ccccc2Oc2ccccc21. The fourth-order valence-corrected chi connectivity index (χ4v) is 3.18. The molecule has 4 heteroatoms. The van der Waals surface area contributed by atoms with Crippen LogP contribution in [0.2, 0.25) is 0 Å².